The van der Waals surface area contributed by atoms with Crippen LogP contribution >= 0.6 is 0 Å². The summed E-state index contributed by atoms with van der Waals surface area (Å²) in [6, 6.07) is 0. The minimum absolute atomic E-state index is 0.340. The summed E-state index contributed by atoms with van der Waals surface area (Å²) in [5, 5.41) is 9.21. The van der Waals surface area contributed by atoms with Crippen LogP contribution < -0.4 is 0 Å². The van der Waals surface area contributed by atoms with Crippen LogP contribution in [0.1, 0.15) is 162 Å². The highest BCUT2D eigenvalue weighted by Gasteiger charge is 2.04. The number of hydrogen-bond donors (Lipinski definition) is 1. The Bertz CT molecular complexity index is 281. The van der Waals surface area contributed by atoms with Gasteiger partial charge in [0.05, 0.1) is 0 Å². The molecule has 31 heavy (non-hydrogen) atoms. The molecule has 0 amide bonds. The van der Waals surface area contributed by atoms with E-state index >= 15 is 0 Å². The van der Waals surface area contributed by atoms with Crippen LogP contribution in [0.3, 0.4) is 0 Å². The Hall–Kier alpha value is -0.0800. The second-order valence-corrected chi connectivity index (χ2v) is 9.99. The minimum Gasteiger partial charge on any atom is -0.396 e. The molecule has 0 bridgehead atoms. The minimum atomic E-state index is 0.340. The van der Waals surface area contributed by atoms with Crippen molar-refractivity contribution in [3.63, 3.8) is 0 Å². The zero-order chi connectivity index (χ0) is 22.7. The topological polar surface area (TPSA) is 23.5 Å². The number of nitrogens with zero attached hydrogens (tertiary/aromatic N) is 1. The van der Waals surface area contributed by atoms with Gasteiger partial charge < -0.3 is 10.0 Å². The van der Waals surface area contributed by atoms with Gasteiger partial charge in [-0.05, 0) is 32.4 Å². The van der Waals surface area contributed by atoms with E-state index in [-0.39, 0.29) is 0 Å². The lowest BCUT2D eigenvalue weighted by Gasteiger charge is -2.22. The van der Waals surface area contributed by atoms with Gasteiger partial charge in [0.2, 0.25) is 0 Å². The molecule has 0 saturated heterocycles. The molecule has 0 aliphatic carbocycles. The van der Waals surface area contributed by atoms with Crippen LogP contribution in [0.2, 0.25) is 0 Å². The lowest BCUT2D eigenvalue weighted by molar-refractivity contribution is 0.217. The maximum absolute atomic E-state index is 9.21. The van der Waals surface area contributed by atoms with Crippen LogP contribution in [0.4, 0.5) is 0 Å². The van der Waals surface area contributed by atoms with E-state index in [0.717, 1.165) is 13.0 Å². The monoisotopic (exact) mass is 439 g/mol. The predicted molar refractivity (Wildman–Crippen MR) is 141 cm³/mol. The average molecular weight is 440 g/mol. The zero-order valence-corrected chi connectivity index (χ0v) is 22.0. The first-order chi connectivity index (χ1) is 15.3. The third-order valence-electron chi connectivity index (χ3n) is 6.79. The smallest absolute Gasteiger partial charge is 0.0443 e. The molecule has 0 unspecified atom stereocenters. The van der Waals surface area contributed by atoms with Crippen LogP contribution in [-0.2, 0) is 0 Å². The normalized spacial score (nSPS) is 11.6. The summed E-state index contributed by atoms with van der Waals surface area (Å²) in [6.07, 6.45) is 32.2. The summed E-state index contributed by atoms with van der Waals surface area (Å²) in [5.74, 6) is 0. The number of aliphatic hydroxyl groups excluding tert-OH is 1. The molecule has 0 aliphatic heterocycles. The van der Waals surface area contributed by atoms with Gasteiger partial charge in [-0.25, -0.2) is 0 Å². The van der Waals surface area contributed by atoms with E-state index in [9.17, 15) is 5.11 Å². The molecule has 0 saturated carbocycles. The lowest BCUT2D eigenvalue weighted by Crippen LogP contribution is -2.27. The predicted octanol–water partition coefficient (Wildman–Crippen LogP) is 9.29. The number of aliphatic hydroxyl groups is 1. The van der Waals surface area contributed by atoms with Crippen LogP contribution in [0, 0.1) is 0 Å². The summed E-state index contributed by atoms with van der Waals surface area (Å²) in [4.78, 5) is 2.62. The van der Waals surface area contributed by atoms with Gasteiger partial charge in [-0.1, -0.05) is 142 Å². The van der Waals surface area contributed by atoms with Gasteiger partial charge in [-0.3, -0.25) is 0 Å². The highest BCUT2D eigenvalue weighted by atomic mass is 16.3. The Morgan fingerprint density at radius 2 is 0.613 bits per heavy atom. The van der Waals surface area contributed by atoms with Crippen molar-refractivity contribution in [2.45, 2.75) is 162 Å². The fourth-order valence-corrected chi connectivity index (χ4v) is 4.63. The standard InChI is InChI=1S/C29H61NO/c1-3-5-7-9-11-13-15-17-19-21-23-26-30(28-25-29-31)27-24-22-20-18-16-14-12-10-8-6-4-2/h31H,3-29H2,1-2H3. The van der Waals surface area contributed by atoms with Gasteiger partial charge in [-0.15, -0.1) is 0 Å². The highest BCUT2D eigenvalue weighted by Crippen LogP contribution is 2.13. The Kier molecular flexibility index (Phi) is 27.9. The molecule has 0 radical (unpaired) electrons. The molecule has 0 fully saturated rings. The van der Waals surface area contributed by atoms with Gasteiger partial charge in [-0.2, -0.15) is 0 Å². The molecule has 1 N–H and O–H groups in total. The largest absolute Gasteiger partial charge is 0.396 e. The molecule has 0 spiro atoms. The third-order valence-corrected chi connectivity index (χ3v) is 6.79. The molecular formula is C29H61NO. The van der Waals surface area contributed by atoms with Gasteiger partial charge in [0, 0.05) is 13.2 Å². The molecule has 188 valence electrons. The molecule has 2 heteroatoms. The summed E-state index contributed by atoms with van der Waals surface area (Å²) >= 11 is 0. The first kappa shape index (κ1) is 30.9. The van der Waals surface area contributed by atoms with E-state index in [0.29, 0.717) is 6.61 Å². The summed E-state index contributed by atoms with van der Waals surface area (Å²) in [7, 11) is 0. The fourth-order valence-electron chi connectivity index (χ4n) is 4.63. The quantitative estimate of drug-likeness (QED) is 0.129. The van der Waals surface area contributed by atoms with Crippen molar-refractivity contribution in [1.29, 1.82) is 0 Å². The van der Waals surface area contributed by atoms with Crippen LogP contribution in [0.25, 0.3) is 0 Å². The molecule has 0 atom stereocenters. The van der Waals surface area contributed by atoms with E-state index in [2.05, 4.69) is 18.7 Å². The Labute approximate surface area is 198 Å². The molecule has 0 heterocycles. The highest BCUT2D eigenvalue weighted by molar-refractivity contribution is 4.60. The van der Waals surface area contributed by atoms with E-state index < -0.39 is 0 Å². The number of unbranched alkanes of at least 4 members (excludes halogenated alkanes) is 20. The molecule has 0 aliphatic rings. The van der Waals surface area contributed by atoms with Gasteiger partial charge in [0.25, 0.3) is 0 Å². The first-order valence-electron chi connectivity index (χ1n) is 14.7. The van der Waals surface area contributed by atoms with Crippen LogP contribution in [0.5, 0.6) is 0 Å². The van der Waals surface area contributed by atoms with E-state index in [1.807, 2.05) is 0 Å². The summed E-state index contributed by atoms with van der Waals surface area (Å²) < 4.78 is 0. The van der Waals surface area contributed by atoms with E-state index in [1.54, 1.807) is 0 Å². The Balaban J connectivity index is 3.50. The van der Waals surface area contributed by atoms with Crippen molar-refractivity contribution in [2.75, 3.05) is 26.2 Å². The molecule has 2 nitrogen and oxygen atoms in total. The molecule has 0 aromatic heterocycles. The van der Waals surface area contributed by atoms with Gasteiger partial charge in [0.15, 0.2) is 0 Å². The molecular weight excluding hydrogens is 378 g/mol. The van der Waals surface area contributed by atoms with Crippen molar-refractivity contribution < 1.29 is 5.11 Å². The van der Waals surface area contributed by atoms with Crippen molar-refractivity contribution in [3.05, 3.63) is 0 Å². The maximum Gasteiger partial charge on any atom is 0.0443 e. The van der Waals surface area contributed by atoms with Crippen molar-refractivity contribution >= 4 is 0 Å². The number of rotatable bonds is 27. The van der Waals surface area contributed by atoms with Crippen LogP contribution in [-0.4, -0.2) is 36.2 Å². The molecule has 0 aromatic rings. The second-order valence-electron chi connectivity index (χ2n) is 9.99. The van der Waals surface area contributed by atoms with E-state index in [1.165, 1.54) is 154 Å². The van der Waals surface area contributed by atoms with Crippen molar-refractivity contribution in [2.24, 2.45) is 0 Å². The molecule has 0 rings (SSSR count). The van der Waals surface area contributed by atoms with Crippen LogP contribution in [0.15, 0.2) is 0 Å². The van der Waals surface area contributed by atoms with Gasteiger partial charge >= 0.3 is 0 Å². The SMILES string of the molecule is CCCCCCCCCCCCCN(CCCO)CCCCCCCCCCCCC. The Morgan fingerprint density at radius 3 is 0.903 bits per heavy atom. The maximum atomic E-state index is 9.21. The van der Waals surface area contributed by atoms with E-state index in [4.69, 9.17) is 0 Å². The molecule has 0 aromatic carbocycles. The Morgan fingerprint density at radius 1 is 0.355 bits per heavy atom. The third kappa shape index (κ3) is 26.1. The second kappa shape index (κ2) is 28.0. The summed E-state index contributed by atoms with van der Waals surface area (Å²) in [6.45, 7) is 8.51. The zero-order valence-electron chi connectivity index (χ0n) is 22.0. The van der Waals surface area contributed by atoms with Gasteiger partial charge in [0.1, 0.15) is 0 Å². The van der Waals surface area contributed by atoms with Crippen molar-refractivity contribution in [1.82, 2.24) is 4.90 Å². The number of hydrogen-bond acceptors (Lipinski definition) is 2. The van der Waals surface area contributed by atoms with Crippen molar-refractivity contribution in [3.8, 4) is 0 Å². The summed E-state index contributed by atoms with van der Waals surface area (Å²) in [5.41, 5.74) is 0. The average Bonchev–Trinajstić information content (AvgIpc) is 2.78. The fraction of sp³-hybridized carbons (Fsp3) is 1.00. The lowest BCUT2D eigenvalue weighted by atomic mass is 10.1. The first-order valence-corrected chi connectivity index (χ1v) is 14.7.